The first-order chi connectivity index (χ1) is 11.6. The number of rotatable bonds is 3. The highest BCUT2D eigenvalue weighted by Crippen LogP contribution is 2.20. The van der Waals surface area contributed by atoms with E-state index in [1.807, 2.05) is 0 Å². The fourth-order valence-corrected chi connectivity index (χ4v) is 3.00. The number of hydrogen-bond acceptors (Lipinski definition) is 4. The number of aromatic carboxylic acids is 1. The van der Waals surface area contributed by atoms with Crippen LogP contribution in [-0.2, 0) is 0 Å². The van der Waals surface area contributed by atoms with Crippen molar-refractivity contribution in [2.75, 3.05) is 31.1 Å². The number of carbonyl (C=O) groups is 2. The van der Waals surface area contributed by atoms with Gasteiger partial charge in [0.25, 0.3) is 5.91 Å². The van der Waals surface area contributed by atoms with E-state index in [4.69, 9.17) is 11.6 Å². The molecule has 1 fully saturated rings. The van der Waals surface area contributed by atoms with Gasteiger partial charge in [-0.15, -0.1) is 0 Å². The van der Waals surface area contributed by atoms with E-state index in [1.165, 1.54) is 12.1 Å². The monoisotopic (exact) mass is 343 g/mol. The highest BCUT2D eigenvalue weighted by atomic mass is 35.5. The highest BCUT2D eigenvalue weighted by molar-refractivity contribution is 6.33. The minimum Gasteiger partial charge on any atom is -0.545 e. The van der Waals surface area contributed by atoms with Crippen molar-refractivity contribution in [3.05, 3.63) is 64.7 Å². The van der Waals surface area contributed by atoms with Gasteiger partial charge in [0.15, 0.2) is 0 Å². The van der Waals surface area contributed by atoms with Crippen molar-refractivity contribution in [1.82, 2.24) is 4.90 Å². The van der Waals surface area contributed by atoms with Gasteiger partial charge in [-0.05, 0) is 29.8 Å². The van der Waals surface area contributed by atoms with E-state index < -0.39 is 5.97 Å². The predicted molar refractivity (Wildman–Crippen MR) is 90.3 cm³/mol. The Kier molecular flexibility index (Phi) is 4.71. The van der Waals surface area contributed by atoms with Crippen LogP contribution in [-0.4, -0.2) is 43.0 Å². The summed E-state index contributed by atoms with van der Waals surface area (Å²) in [5, 5.41) is 11.2. The number of hydrogen-bond donors (Lipinski definition) is 0. The molecule has 0 aliphatic carbocycles. The van der Waals surface area contributed by atoms with Gasteiger partial charge in [0.1, 0.15) is 0 Å². The van der Waals surface area contributed by atoms with E-state index in [2.05, 4.69) is 4.90 Å². The van der Waals surface area contributed by atoms with Gasteiger partial charge >= 0.3 is 0 Å². The van der Waals surface area contributed by atoms with Crippen LogP contribution < -0.4 is 10.0 Å². The molecule has 2 aromatic rings. The molecule has 0 saturated carbocycles. The first-order valence-electron chi connectivity index (χ1n) is 7.66. The number of halogens is 1. The Balaban J connectivity index is 1.64. The predicted octanol–water partition coefficient (Wildman–Crippen LogP) is 1.67. The molecule has 1 saturated heterocycles. The first kappa shape index (κ1) is 16.3. The lowest BCUT2D eigenvalue weighted by Gasteiger charge is -2.36. The summed E-state index contributed by atoms with van der Waals surface area (Å²) >= 11 is 6.09. The van der Waals surface area contributed by atoms with Crippen LogP contribution in [0, 0.1) is 0 Å². The molecule has 6 heteroatoms. The third-order valence-electron chi connectivity index (χ3n) is 4.14. The van der Waals surface area contributed by atoms with E-state index in [0.717, 1.165) is 5.69 Å². The highest BCUT2D eigenvalue weighted by Gasteiger charge is 2.23. The number of carboxylic acid groups (broad SMARTS) is 1. The Bertz CT molecular complexity index is 753. The molecule has 1 aliphatic rings. The van der Waals surface area contributed by atoms with E-state index >= 15 is 0 Å². The summed E-state index contributed by atoms with van der Waals surface area (Å²) in [4.78, 5) is 27.2. The summed E-state index contributed by atoms with van der Waals surface area (Å²) in [5.74, 6) is -1.25. The van der Waals surface area contributed by atoms with Crippen molar-refractivity contribution < 1.29 is 14.7 Å². The van der Waals surface area contributed by atoms with Gasteiger partial charge < -0.3 is 19.7 Å². The molecule has 3 rings (SSSR count). The number of benzene rings is 2. The zero-order valence-corrected chi connectivity index (χ0v) is 13.7. The number of nitrogens with zero attached hydrogens (tertiary/aromatic N) is 2. The van der Waals surface area contributed by atoms with E-state index in [1.54, 1.807) is 41.3 Å². The minimum atomic E-state index is -1.18. The zero-order chi connectivity index (χ0) is 17.1. The second kappa shape index (κ2) is 6.93. The maximum absolute atomic E-state index is 12.5. The molecule has 2 aromatic carbocycles. The average Bonchev–Trinajstić information content (AvgIpc) is 2.62. The van der Waals surface area contributed by atoms with Crippen LogP contribution in [0.3, 0.4) is 0 Å². The number of anilines is 1. The van der Waals surface area contributed by atoms with Gasteiger partial charge in [0, 0.05) is 31.9 Å². The SMILES string of the molecule is O=C([O-])c1ccc(N2CCN(C(=O)c3ccccc3Cl)CC2)cc1. The smallest absolute Gasteiger partial charge is 0.255 e. The van der Waals surface area contributed by atoms with Crippen LogP contribution in [0.5, 0.6) is 0 Å². The molecular weight excluding hydrogens is 328 g/mol. The quantitative estimate of drug-likeness (QED) is 0.850. The lowest BCUT2D eigenvalue weighted by molar-refractivity contribution is -0.255. The molecular formula is C18H16ClN2O3-. The Morgan fingerprint density at radius 1 is 0.917 bits per heavy atom. The number of carboxylic acids is 1. The van der Waals surface area contributed by atoms with Crippen LogP contribution in [0.2, 0.25) is 5.02 Å². The molecule has 0 spiro atoms. The van der Waals surface area contributed by atoms with Gasteiger partial charge in [-0.3, -0.25) is 4.79 Å². The van der Waals surface area contributed by atoms with E-state index in [-0.39, 0.29) is 11.5 Å². The fourth-order valence-electron chi connectivity index (χ4n) is 2.78. The van der Waals surface area contributed by atoms with Crippen LogP contribution in [0.4, 0.5) is 5.69 Å². The first-order valence-corrected chi connectivity index (χ1v) is 8.04. The van der Waals surface area contributed by atoms with Crippen molar-refractivity contribution in [2.45, 2.75) is 0 Å². The fraction of sp³-hybridized carbons (Fsp3) is 0.222. The van der Waals surface area contributed by atoms with Crippen LogP contribution in [0.1, 0.15) is 20.7 Å². The number of carbonyl (C=O) groups excluding carboxylic acids is 2. The minimum absolute atomic E-state index is 0.0625. The molecule has 0 atom stereocenters. The van der Waals surface area contributed by atoms with Crippen molar-refractivity contribution in [3.63, 3.8) is 0 Å². The molecule has 0 aromatic heterocycles. The summed E-state index contributed by atoms with van der Waals surface area (Å²) in [5.41, 5.74) is 1.61. The van der Waals surface area contributed by atoms with Gasteiger partial charge in [0.05, 0.1) is 16.6 Å². The molecule has 0 unspecified atom stereocenters. The summed E-state index contributed by atoms with van der Waals surface area (Å²) in [7, 11) is 0. The van der Waals surface area contributed by atoms with Gasteiger partial charge in [-0.1, -0.05) is 35.9 Å². The molecule has 124 valence electrons. The molecule has 0 bridgehead atoms. The Hall–Kier alpha value is -2.53. The Labute approximate surface area is 145 Å². The Morgan fingerprint density at radius 2 is 1.54 bits per heavy atom. The average molecular weight is 344 g/mol. The number of amides is 1. The standard InChI is InChI=1S/C18H17ClN2O3/c19-16-4-2-1-3-15(16)17(22)21-11-9-20(10-12-21)14-7-5-13(6-8-14)18(23)24/h1-8H,9-12H2,(H,23,24)/p-1. The zero-order valence-electron chi connectivity index (χ0n) is 12.9. The molecule has 0 N–H and O–H groups in total. The van der Waals surface area contributed by atoms with Crippen LogP contribution >= 0.6 is 11.6 Å². The maximum Gasteiger partial charge on any atom is 0.255 e. The van der Waals surface area contributed by atoms with Gasteiger partial charge in [0.2, 0.25) is 0 Å². The second-order valence-corrected chi connectivity index (χ2v) is 6.00. The lowest BCUT2D eigenvalue weighted by Crippen LogP contribution is -2.48. The third kappa shape index (κ3) is 3.36. The van der Waals surface area contributed by atoms with Gasteiger partial charge in [-0.2, -0.15) is 0 Å². The molecule has 0 radical (unpaired) electrons. The molecule has 24 heavy (non-hydrogen) atoms. The van der Waals surface area contributed by atoms with Crippen LogP contribution in [0.15, 0.2) is 48.5 Å². The largest absolute Gasteiger partial charge is 0.545 e. The van der Waals surface area contributed by atoms with Gasteiger partial charge in [-0.25, -0.2) is 0 Å². The molecule has 1 amide bonds. The summed E-state index contributed by atoms with van der Waals surface area (Å²) in [6.45, 7) is 2.54. The van der Waals surface area contributed by atoms with E-state index in [0.29, 0.717) is 36.8 Å². The van der Waals surface area contributed by atoms with Crippen molar-refractivity contribution in [1.29, 1.82) is 0 Å². The summed E-state index contributed by atoms with van der Waals surface area (Å²) < 4.78 is 0. The number of piperazine rings is 1. The summed E-state index contributed by atoms with van der Waals surface area (Å²) in [6.07, 6.45) is 0. The second-order valence-electron chi connectivity index (χ2n) is 5.59. The topological polar surface area (TPSA) is 63.7 Å². The van der Waals surface area contributed by atoms with Crippen LogP contribution in [0.25, 0.3) is 0 Å². The Morgan fingerprint density at radius 3 is 2.12 bits per heavy atom. The molecule has 5 nitrogen and oxygen atoms in total. The van der Waals surface area contributed by atoms with Crippen molar-refractivity contribution in [3.8, 4) is 0 Å². The lowest BCUT2D eigenvalue weighted by atomic mass is 10.1. The normalized spacial score (nSPS) is 14.5. The molecule has 1 heterocycles. The van der Waals surface area contributed by atoms with Crippen molar-refractivity contribution in [2.24, 2.45) is 0 Å². The molecule has 1 aliphatic heterocycles. The maximum atomic E-state index is 12.5. The van der Waals surface area contributed by atoms with Crippen molar-refractivity contribution >= 4 is 29.2 Å². The third-order valence-corrected chi connectivity index (χ3v) is 4.47. The summed E-state index contributed by atoms with van der Waals surface area (Å²) in [6, 6.07) is 13.6. The van der Waals surface area contributed by atoms with E-state index in [9.17, 15) is 14.7 Å².